The lowest BCUT2D eigenvalue weighted by Crippen LogP contribution is -2.05. The largest absolute Gasteiger partial charge is 0.478 e. The summed E-state index contributed by atoms with van der Waals surface area (Å²) in [4.78, 5) is 9.86. The molecule has 0 aliphatic rings. The van der Waals surface area contributed by atoms with E-state index in [1.54, 1.807) is 19.9 Å². The minimum Gasteiger partial charge on any atom is -0.478 e. The molecular formula is C10H20O4. The summed E-state index contributed by atoms with van der Waals surface area (Å²) in [5.74, 6) is -0.845. The Labute approximate surface area is 84.9 Å². The van der Waals surface area contributed by atoms with E-state index in [0.717, 1.165) is 6.42 Å². The number of rotatable bonds is 4. The van der Waals surface area contributed by atoms with E-state index in [2.05, 4.69) is 0 Å². The minimum absolute atomic E-state index is 0.0923. The van der Waals surface area contributed by atoms with Gasteiger partial charge in [-0.1, -0.05) is 13.0 Å². The molecule has 0 radical (unpaired) electrons. The molecule has 0 aromatic heterocycles. The van der Waals surface area contributed by atoms with E-state index in [1.807, 2.05) is 6.92 Å². The molecule has 1 unspecified atom stereocenters. The molecule has 0 saturated heterocycles. The molecule has 0 aliphatic heterocycles. The smallest absolute Gasteiger partial charge is 0.330 e. The quantitative estimate of drug-likeness (QED) is 0.601. The van der Waals surface area contributed by atoms with Crippen LogP contribution < -0.4 is 0 Å². The molecule has 0 rings (SSSR count). The number of aliphatic hydroxyl groups is 2. The molecule has 14 heavy (non-hydrogen) atoms. The molecule has 4 heteroatoms. The first-order valence-corrected chi connectivity index (χ1v) is 4.64. The fraction of sp³-hybridized carbons (Fsp3) is 0.700. The summed E-state index contributed by atoms with van der Waals surface area (Å²) >= 11 is 0. The molecule has 84 valence electrons. The third-order valence-corrected chi connectivity index (χ3v) is 1.70. The normalized spacial score (nSPS) is 12.8. The first kappa shape index (κ1) is 15.6. The lowest BCUT2D eigenvalue weighted by Gasteiger charge is -2.01. The van der Waals surface area contributed by atoms with Crippen LogP contribution in [-0.4, -0.2) is 34.0 Å². The number of aliphatic hydroxyl groups excluding tert-OH is 2. The number of carboxylic acids is 1. The van der Waals surface area contributed by atoms with Crippen LogP contribution in [-0.2, 0) is 4.79 Å². The van der Waals surface area contributed by atoms with Crippen molar-refractivity contribution in [3.05, 3.63) is 11.6 Å². The van der Waals surface area contributed by atoms with Crippen molar-refractivity contribution in [1.29, 1.82) is 0 Å². The molecule has 0 aliphatic carbocycles. The maximum Gasteiger partial charge on any atom is 0.330 e. The zero-order valence-corrected chi connectivity index (χ0v) is 9.03. The molecule has 1 atom stereocenters. The Balaban J connectivity index is 0. The maximum absolute atomic E-state index is 9.86. The van der Waals surface area contributed by atoms with E-state index in [-0.39, 0.29) is 12.7 Å². The highest BCUT2D eigenvalue weighted by molar-refractivity contribution is 5.85. The van der Waals surface area contributed by atoms with Crippen molar-refractivity contribution in [1.82, 2.24) is 0 Å². The lowest BCUT2D eigenvalue weighted by atomic mass is 10.2. The van der Waals surface area contributed by atoms with Crippen LogP contribution in [0.3, 0.4) is 0 Å². The molecule has 0 fully saturated rings. The van der Waals surface area contributed by atoms with Gasteiger partial charge in [-0.25, -0.2) is 4.79 Å². The van der Waals surface area contributed by atoms with Crippen LogP contribution in [0.4, 0.5) is 0 Å². The van der Waals surface area contributed by atoms with Crippen LogP contribution in [0.5, 0.6) is 0 Å². The number of allylic oxidation sites excluding steroid dienone is 1. The van der Waals surface area contributed by atoms with Crippen molar-refractivity contribution >= 4 is 5.97 Å². The topological polar surface area (TPSA) is 77.8 Å². The molecule has 3 N–H and O–H groups in total. The Kier molecular flexibility index (Phi) is 11.4. The van der Waals surface area contributed by atoms with Gasteiger partial charge in [-0.2, -0.15) is 0 Å². The summed E-state index contributed by atoms with van der Waals surface area (Å²) in [7, 11) is 0. The van der Waals surface area contributed by atoms with Gasteiger partial charge in [0.25, 0.3) is 0 Å². The number of hydrogen-bond donors (Lipinski definition) is 3. The van der Waals surface area contributed by atoms with Gasteiger partial charge in [-0.3, -0.25) is 0 Å². The van der Waals surface area contributed by atoms with E-state index >= 15 is 0 Å². The highest BCUT2D eigenvalue weighted by Crippen LogP contribution is 1.92. The highest BCUT2D eigenvalue weighted by atomic mass is 16.4. The van der Waals surface area contributed by atoms with Crippen LogP contribution in [0.2, 0.25) is 0 Å². The summed E-state index contributed by atoms with van der Waals surface area (Å²) in [6.07, 6.45) is 2.50. The van der Waals surface area contributed by atoms with Gasteiger partial charge in [0.2, 0.25) is 0 Å². The van der Waals surface area contributed by atoms with Crippen LogP contribution in [0, 0.1) is 0 Å². The van der Waals surface area contributed by atoms with E-state index in [1.165, 1.54) is 0 Å². The average Bonchev–Trinajstić information content (AvgIpc) is 2.17. The fourth-order valence-electron chi connectivity index (χ4n) is 0.477. The standard InChI is InChI=1S/C5H8O2.C5H12O2/c1-3-4(2)5(6)7;1-2-5(7)3-4-6/h3H,1-2H3,(H,6,7);5-7H,2-4H2,1H3. The molecule has 0 saturated carbocycles. The summed E-state index contributed by atoms with van der Waals surface area (Å²) in [5.41, 5.74) is 0.389. The van der Waals surface area contributed by atoms with Crippen molar-refractivity contribution in [3.8, 4) is 0 Å². The fourth-order valence-corrected chi connectivity index (χ4v) is 0.477. The van der Waals surface area contributed by atoms with Crippen molar-refractivity contribution in [2.45, 2.75) is 39.7 Å². The van der Waals surface area contributed by atoms with Crippen molar-refractivity contribution in [2.75, 3.05) is 6.61 Å². The number of carboxylic acid groups (broad SMARTS) is 1. The second kappa shape index (κ2) is 10.2. The third-order valence-electron chi connectivity index (χ3n) is 1.70. The average molecular weight is 204 g/mol. The molecule has 0 heterocycles. The van der Waals surface area contributed by atoms with Crippen molar-refractivity contribution < 1.29 is 20.1 Å². The predicted molar refractivity (Wildman–Crippen MR) is 55.1 cm³/mol. The summed E-state index contributed by atoms with van der Waals surface area (Å²) in [6.45, 7) is 5.24. The predicted octanol–water partition coefficient (Wildman–Crippen LogP) is 1.18. The Bertz CT molecular complexity index is 175. The maximum atomic E-state index is 9.86. The molecule has 0 bridgehead atoms. The summed E-state index contributed by atoms with van der Waals surface area (Å²) in [5, 5.41) is 25.0. The van der Waals surface area contributed by atoms with Gasteiger partial charge in [-0.15, -0.1) is 0 Å². The Morgan fingerprint density at radius 1 is 1.50 bits per heavy atom. The van der Waals surface area contributed by atoms with Crippen LogP contribution in [0.1, 0.15) is 33.6 Å². The van der Waals surface area contributed by atoms with Crippen LogP contribution in [0.25, 0.3) is 0 Å². The molecule has 0 aromatic carbocycles. The Hall–Kier alpha value is -0.870. The van der Waals surface area contributed by atoms with E-state index < -0.39 is 5.97 Å². The van der Waals surface area contributed by atoms with Crippen molar-refractivity contribution in [2.24, 2.45) is 0 Å². The number of hydrogen-bond acceptors (Lipinski definition) is 3. The van der Waals surface area contributed by atoms with Gasteiger partial charge in [0.15, 0.2) is 0 Å². The molecule has 0 aromatic rings. The summed E-state index contributed by atoms with van der Waals surface area (Å²) < 4.78 is 0. The summed E-state index contributed by atoms with van der Waals surface area (Å²) in [6, 6.07) is 0. The SMILES string of the molecule is CC=C(C)C(=O)O.CCC(O)CCO. The van der Waals surface area contributed by atoms with E-state index in [9.17, 15) is 4.79 Å². The van der Waals surface area contributed by atoms with Crippen LogP contribution >= 0.6 is 0 Å². The van der Waals surface area contributed by atoms with Gasteiger partial charge in [-0.05, 0) is 26.7 Å². The lowest BCUT2D eigenvalue weighted by molar-refractivity contribution is -0.132. The number of aliphatic carboxylic acids is 1. The van der Waals surface area contributed by atoms with Gasteiger partial charge < -0.3 is 15.3 Å². The van der Waals surface area contributed by atoms with Gasteiger partial charge in [0.05, 0.1) is 6.10 Å². The Morgan fingerprint density at radius 2 is 2.00 bits per heavy atom. The zero-order chi connectivity index (χ0) is 11.6. The Morgan fingerprint density at radius 3 is 2.07 bits per heavy atom. The van der Waals surface area contributed by atoms with E-state index in [4.69, 9.17) is 15.3 Å². The zero-order valence-electron chi connectivity index (χ0n) is 9.03. The highest BCUT2D eigenvalue weighted by Gasteiger charge is 1.95. The minimum atomic E-state index is -0.845. The second-order valence-corrected chi connectivity index (χ2v) is 2.85. The first-order valence-electron chi connectivity index (χ1n) is 4.64. The molecule has 4 nitrogen and oxygen atoms in total. The second-order valence-electron chi connectivity index (χ2n) is 2.85. The van der Waals surface area contributed by atoms with Crippen molar-refractivity contribution in [3.63, 3.8) is 0 Å². The van der Waals surface area contributed by atoms with Gasteiger partial charge in [0, 0.05) is 12.2 Å². The number of carbonyl (C=O) groups is 1. The van der Waals surface area contributed by atoms with Gasteiger partial charge >= 0.3 is 5.97 Å². The first-order chi connectivity index (χ1) is 6.49. The molecule has 0 spiro atoms. The van der Waals surface area contributed by atoms with E-state index in [0.29, 0.717) is 12.0 Å². The van der Waals surface area contributed by atoms with Crippen LogP contribution in [0.15, 0.2) is 11.6 Å². The third kappa shape index (κ3) is 11.1. The monoisotopic (exact) mass is 204 g/mol. The van der Waals surface area contributed by atoms with Gasteiger partial charge in [0.1, 0.15) is 0 Å². The molecular weight excluding hydrogens is 184 g/mol. The molecule has 0 amide bonds.